The summed E-state index contributed by atoms with van der Waals surface area (Å²) in [7, 11) is 0. The molecule has 3 aromatic rings. The average molecular weight is 396 g/mol. The summed E-state index contributed by atoms with van der Waals surface area (Å²) in [6, 6.07) is 22.1. The predicted molar refractivity (Wildman–Crippen MR) is 113 cm³/mol. The van der Waals surface area contributed by atoms with Gasteiger partial charge in [-0.05, 0) is 53.9 Å². The summed E-state index contributed by atoms with van der Waals surface area (Å²) in [5.74, 6) is 1.97. The lowest BCUT2D eigenvalue weighted by Gasteiger charge is -2.13. The first-order chi connectivity index (χ1) is 13.5. The summed E-state index contributed by atoms with van der Waals surface area (Å²) in [6.07, 6.45) is 0. The van der Waals surface area contributed by atoms with Gasteiger partial charge in [-0.25, -0.2) is 0 Å². The van der Waals surface area contributed by atoms with E-state index in [0.717, 1.165) is 0 Å². The van der Waals surface area contributed by atoms with Crippen LogP contribution in [0.5, 0.6) is 17.2 Å². The minimum Gasteiger partial charge on any atom is -0.484 e. The second-order valence-electron chi connectivity index (χ2n) is 6.62. The van der Waals surface area contributed by atoms with Gasteiger partial charge in [-0.2, -0.15) is 0 Å². The Labute approximate surface area is 170 Å². The van der Waals surface area contributed by atoms with Gasteiger partial charge in [0.2, 0.25) is 0 Å². The molecule has 144 valence electrons. The summed E-state index contributed by atoms with van der Waals surface area (Å²) in [4.78, 5) is 12.3. The van der Waals surface area contributed by atoms with Gasteiger partial charge in [-0.15, -0.1) is 0 Å². The highest BCUT2D eigenvalue weighted by Crippen LogP contribution is 2.32. The predicted octanol–water partition coefficient (Wildman–Crippen LogP) is 6.27. The summed E-state index contributed by atoms with van der Waals surface area (Å²) < 4.78 is 11.4. The molecule has 4 nitrogen and oxygen atoms in total. The summed E-state index contributed by atoms with van der Waals surface area (Å²) in [5, 5.41) is 3.30. The van der Waals surface area contributed by atoms with Crippen molar-refractivity contribution in [3.8, 4) is 17.2 Å². The normalized spacial score (nSPS) is 10.6. The van der Waals surface area contributed by atoms with E-state index in [1.165, 1.54) is 5.56 Å². The zero-order valence-corrected chi connectivity index (χ0v) is 16.6. The molecule has 3 rings (SSSR count). The lowest BCUT2D eigenvalue weighted by molar-refractivity contribution is -0.118. The molecule has 1 N–H and O–H groups in total. The van der Waals surface area contributed by atoms with Crippen LogP contribution in [0.25, 0.3) is 0 Å². The van der Waals surface area contributed by atoms with Crippen molar-refractivity contribution in [3.63, 3.8) is 0 Å². The SMILES string of the molecule is CC(C)c1ccc(OCC(=O)Nc2cc(Cl)ccc2Oc2ccccc2)cc1. The number of para-hydroxylation sites is 1. The standard InChI is InChI=1S/C23H22ClNO3/c1-16(2)17-8-11-19(12-9-17)27-15-23(26)25-21-14-18(24)10-13-22(21)28-20-6-4-3-5-7-20/h3-14,16H,15H2,1-2H3,(H,25,26). The summed E-state index contributed by atoms with van der Waals surface area (Å²) in [5.41, 5.74) is 1.71. The monoisotopic (exact) mass is 395 g/mol. The number of hydrogen-bond donors (Lipinski definition) is 1. The van der Waals surface area contributed by atoms with Crippen molar-refractivity contribution in [1.82, 2.24) is 0 Å². The van der Waals surface area contributed by atoms with Crippen molar-refractivity contribution >= 4 is 23.2 Å². The van der Waals surface area contributed by atoms with Crippen LogP contribution in [0.3, 0.4) is 0 Å². The highest BCUT2D eigenvalue weighted by Gasteiger charge is 2.11. The molecule has 0 aliphatic rings. The van der Waals surface area contributed by atoms with E-state index in [-0.39, 0.29) is 12.5 Å². The van der Waals surface area contributed by atoms with E-state index < -0.39 is 0 Å². The zero-order valence-electron chi connectivity index (χ0n) is 15.8. The fourth-order valence-corrected chi connectivity index (χ4v) is 2.76. The minimum absolute atomic E-state index is 0.113. The van der Waals surface area contributed by atoms with Crippen LogP contribution in [-0.4, -0.2) is 12.5 Å². The molecule has 0 unspecified atom stereocenters. The van der Waals surface area contributed by atoms with Gasteiger partial charge in [0.05, 0.1) is 5.69 Å². The molecule has 3 aromatic carbocycles. The van der Waals surface area contributed by atoms with Crippen molar-refractivity contribution in [2.75, 3.05) is 11.9 Å². The van der Waals surface area contributed by atoms with E-state index in [0.29, 0.717) is 33.9 Å². The second kappa shape index (κ2) is 9.29. The third kappa shape index (κ3) is 5.51. The molecule has 28 heavy (non-hydrogen) atoms. The Morgan fingerprint density at radius 3 is 2.36 bits per heavy atom. The van der Waals surface area contributed by atoms with E-state index in [9.17, 15) is 4.79 Å². The van der Waals surface area contributed by atoms with Crippen LogP contribution in [0.15, 0.2) is 72.8 Å². The van der Waals surface area contributed by atoms with E-state index >= 15 is 0 Å². The van der Waals surface area contributed by atoms with E-state index in [1.807, 2.05) is 54.6 Å². The number of halogens is 1. The molecule has 0 aliphatic carbocycles. The number of hydrogen-bond acceptors (Lipinski definition) is 3. The van der Waals surface area contributed by atoms with E-state index in [1.54, 1.807) is 18.2 Å². The van der Waals surface area contributed by atoms with Gasteiger partial charge < -0.3 is 14.8 Å². The molecule has 1 amide bonds. The van der Waals surface area contributed by atoms with Crippen LogP contribution < -0.4 is 14.8 Å². The Hall–Kier alpha value is -2.98. The molecular weight excluding hydrogens is 374 g/mol. The Bertz CT molecular complexity index is 924. The van der Waals surface area contributed by atoms with Crippen LogP contribution in [0.4, 0.5) is 5.69 Å². The number of amides is 1. The molecule has 0 saturated carbocycles. The van der Waals surface area contributed by atoms with Crippen molar-refractivity contribution in [1.29, 1.82) is 0 Å². The van der Waals surface area contributed by atoms with Gasteiger partial charge in [-0.1, -0.05) is 55.8 Å². The number of ether oxygens (including phenoxy) is 2. The lowest BCUT2D eigenvalue weighted by atomic mass is 10.0. The number of benzene rings is 3. The first-order valence-electron chi connectivity index (χ1n) is 9.06. The largest absolute Gasteiger partial charge is 0.484 e. The fourth-order valence-electron chi connectivity index (χ4n) is 2.59. The van der Waals surface area contributed by atoms with Crippen LogP contribution in [0, 0.1) is 0 Å². The third-order valence-corrected chi connectivity index (χ3v) is 4.34. The van der Waals surface area contributed by atoms with Crippen LogP contribution in [-0.2, 0) is 4.79 Å². The molecule has 0 bridgehead atoms. The molecule has 5 heteroatoms. The molecular formula is C23H22ClNO3. The summed E-state index contributed by atoms with van der Waals surface area (Å²) in [6.45, 7) is 4.14. The van der Waals surface area contributed by atoms with Gasteiger partial charge >= 0.3 is 0 Å². The molecule has 0 aliphatic heterocycles. The van der Waals surface area contributed by atoms with Crippen molar-refractivity contribution < 1.29 is 14.3 Å². The maximum atomic E-state index is 12.3. The van der Waals surface area contributed by atoms with Crippen LogP contribution >= 0.6 is 11.6 Å². The molecule has 0 radical (unpaired) electrons. The number of rotatable bonds is 7. The number of nitrogens with one attached hydrogen (secondary N) is 1. The highest BCUT2D eigenvalue weighted by atomic mass is 35.5. The Balaban J connectivity index is 1.63. The first-order valence-corrected chi connectivity index (χ1v) is 9.44. The average Bonchev–Trinajstić information content (AvgIpc) is 2.69. The second-order valence-corrected chi connectivity index (χ2v) is 7.05. The Morgan fingerprint density at radius 1 is 0.964 bits per heavy atom. The molecule has 0 atom stereocenters. The number of carbonyl (C=O) groups is 1. The van der Waals surface area contributed by atoms with Crippen LogP contribution in [0.2, 0.25) is 5.02 Å². The summed E-state index contributed by atoms with van der Waals surface area (Å²) >= 11 is 6.08. The molecule has 0 heterocycles. The Morgan fingerprint density at radius 2 is 1.68 bits per heavy atom. The minimum atomic E-state index is -0.298. The van der Waals surface area contributed by atoms with Crippen molar-refractivity contribution in [2.24, 2.45) is 0 Å². The molecule has 0 aromatic heterocycles. The maximum absolute atomic E-state index is 12.3. The van der Waals surface area contributed by atoms with Gasteiger partial charge in [-0.3, -0.25) is 4.79 Å². The van der Waals surface area contributed by atoms with Gasteiger partial charge in [0.1, 0.15) is 11.5 Å². The molecule has 0 fully saturated rings. The first kappa shape index (κ1) is 19.8. The van der Waals surface area contributed by atoms with Crippen molar-refractivity contribution in [2.45, 2.75) is 19.8 Å². The third-order valence-electron chi connectivity index (χ3n) is 4.10. The van der Waals surface area contributed by atoms with Crippen LogP contribution in [0.1, 0.15) is 25.3 Å². The van der Waals surface area contributed by atoms with Crippen molar-refractivity contribution in [3.05, 3.63) is 83.4 Å². The number of carbonyl (C=O) groups excluding carboxylic acids is 1. The van der Waals surface area contributed by atoms with E-state index in [4.69, 9.17) is 21.1 Å². The lowest BCUT2D eigenvalue weighted by Crippen LogP contribution is -2.20. The zero-order chi connectivity index (χ0) is 19.9. The van der Waals surface area contributed by atoms with E-state index in [2.05, 4.69) is 19.2 Å². The Kier molecular flexibility index (Phi) is 6.56. The topological polar surface area (TPSA) is 47.6 Å². The van der Waals surface area contributed by atoms with Gasteiger partial charge in [0, 0.05) is 5.02 Å². The fraction of sp³-hybridized carbons (Fsp3) is 0.174. The smallest absolute Gasteiger partial charge is 0.262 e. The highest BCUT2D eigenvalue weighted by molar-refractivity contribution is 6.31. The quantitative estimate of drug-likeness (QED) is 0.512. The van der Waals surface area contributed by atoms with Gasteiger partial charge in [0.15, 0.2) is 12.4 Å². The number of anilines is 1. The maximum Gasteiger partial charge on any atom is 0.262 e. The molecule has 0 spiro atoms. The van der Waals surface area contributed by atoms with Gasteiger partial charge in [0.25, 0.3) is 5.91 Å². The molecule has 0 saturated heterocycles.